The molecule has 1 N–H and O–H groups in total. The van der Waals surface area contributed by atoms with Gasteiger partial charge in [0.15, 0.2) is 0 Å². The van der Waals surface area contributed by atoms with Gasteiger partial charge in [-0.1, -0.05) is 0 Å². The lowest BCUT2D eigenvalue weighted by atomic mass is 10.2. The summed E-state index contributed by atoms with van der Waals surface area (Å²) in [5.41, 5.74) is 0. The maximum atomic E-state index is 12.4. The van der Waals surface area contributed by atoms with E-state index >= 15 is 0 Å². The minimum atomic E-state index is -4.20. The van der Waals surface area contributed by atoms with Gasteiger partial charge in [-0.15, -0.1) is 0 Å². The normalized spacial score (nSPS) is 23.6. The van der Waals surface area contributed by atoms with Crippen LogP contribution in [-0.4, -0.2) is 30.6 Å². The summed E-state index contributed by atoms with van der Waals surface area (Å²) >= 11 is 0. The molecule has 1 atom stereocenters. The van der Waals surface area contributed by atoms with Crippen LogP contribution in [0.2, 0.25) is 0 Å². The van der Waals surface area contributed by atoms with Gasteiger partial charge < -0.3 is 0 Å². The minimum absolute atomic E-state index is 0.228. The Kier molecular flexibility index (Phi) is 2.40. The van der Waals surface area contributed by atoms with Crippen molar-refractivity contribution in [2.45, 2.75) is 30.2 Å². The van der Waals surface area contributed by atoms with Gasteiger partial charge in [0.2, 0.25) is 0 Å². The van der Waals surface area contributed by atoms with Gasteiger partial charge >= 0.3 is 0 Å². The van der Waals surface area contributed by atoms with Crippen molar-refractivity contribution >= 4 is 10.1 Å². The molecule has 0 heterocycles. The molecule has 1 rings (SSSR count). The van der Waals surface area contributed by atoms with Crippen molar-refractivity contribution in [1.29, 1.82) is 0 Å². The highest BCUT2D eigenvalue weighted by Gasteiger charge is 2.55. The van der Waals surface area contributed by atoms with Gasteiger partial charge in [-0.2, -0.15) is 8.42 Å². The summed E-state index contributed by atoms with van der Waals surface area (Å²) in [4.78, 5) is 0. The van der Waals surface area contributed by atoms with E-state index in [-0.39, 0.29) is 12.8 Å². The van der Waals surface area contributed by atoms with Crippen molar-refractivity contribution < 1.29 is 21.8 Å². The van der Waals surface area contributed by atoms with Crippen molar-refractivity contribution in [2.75, 3.05) is 6.67 Å². The third-order valence-electron chi connectivity index (χ3n) is 2.12. The number of alkyl halides is 2. The number of hydrogen-bond donors (Lipinski definition) is 1. The minimum Gasteiger partial charge on any atom is -0.285 e. The molecule has 72 valence electrons. The summed E-state index contributed by atoms with van der Waals surface area (Å²) in [5.74, 6) is 0. The molecule has 1 aliphatic carbocycles. The van der Waals surface area contributed by atoms with Crippen LogP contribution < -0.4 is 0 Å². The Morgan fingerprint density at radius 2 is 2.00 bits per heavy atom. The van der Waals surface area contributed by atoms with Crippen molar-refractivity contribution in [3.05, 3.63) is 0 Å². The van der Waals surface area contributed by atoms with Crippen LogP contribution in [0.15, 0.2) is 0 Å². The molecule has 0 aliphatic heterocycles. The Balaban J connectivity index is 2.63. The molecule has 1 unspecified atom stereocenters. The maximum Gasteiger partial charge on any atom is 0.270 e. The molecule has 0 spiro atoms. The molecular formula is C6H10F2O3S. The third kappa shape index (κ3) is 1.74. The molecule has 0 aromatic carbocycles. The van der Waals surface area contributed by atoms with Crippen LogP contribution in [0.3, 0.4) is 0 Å². The molecule has 1 saturated carbocycles. The van der Waals surface area contributed by atoms with Gasteiger partial charge in [0.05, 0.1) is 0 Å². The first-order valence-electron chi connectivity index (χ1n) is 3.58. The smallest absolute Gasteiger partial charge is 0.270 e. The fourth-order valence-electron chi connectivity index (χ4n) is 1.17. The predicted molar refractivity (Wildman–Crippen MR) is 39.0 cm³/mol. The van der Waals surface area contributed by atoms with E-state index in [4.69, 9.17) is 4.55 Å². The van der Waals surface area contributed by atoms with Crippen molar-refractivity contribution in [3.63, 3.8) is 0 Å². The van der Waals surface area contributed by atoms with Crippen molar-refractivity contribution in [1.82, 2.24) is 0 Å². The van der Waals surface area contributed by atoms with Gasteiger partial charge in [0.1, 0.15) is 17.6 Å². The molecule has 1 aliphatic rings. The summed E-state index contributed by atoms with van der Waals surface area (Å²) in [6.07, 6.45) is -1.75. The Hall–Kier alpha value is -0.230. The second-order valence-corrected chi connectivity index (χ2v) is 4.93. The topological polar surface area (TPSA) is 54.4 Å². The third-order valence-corrected chi connectivity index (χ3v) is 3.79. The zero-order chi connectivity index (χ0) is 9.41. The highest BCUT2D eigenvalue weighted by atomic mass is 32.2. The first kappa shape index (κ1) is 9.85. The van der Waals surface area contributed by atoms with Crippen LogP contribution in [0, 0.1) is 0 Å². The highest BCUT2D eigenvalue weighted by Crippen LogP contribution is 2.47. The van der Waals surface area contributed by atoms with Crippen LogP contribution >= 0.6 is 0 Å². The van der Waals surface area contributed by atoms with E-state index in [2.05, 4.69) is 0 Å². The van der Waals surface area contributed by atoms with E-state index in [1.54, 1.807) is 0 Å². The first-order chi connectivity index (χ1) is 5.41. The number of hydrogen-bond acceptors (Lipinski definition) is 2. The predicted octanol–water partition coefficient (Wildman–Crippen LogP) is 1.10. The van der Waals surface area contributed by atoms with Crippen LogP contribution in [0.4, 0.5) is 8.78 Å². The van der Waals surface area contributed by atoms with Crippen molar-refractivity contribution in [2.24, 2.45) is 0 Å². The molecule has 0 aromatic heterocycles. The van der Waals surface area contributed by atoms with Crippen LogP contribution in [0.5, 0.6) is 0 Å². The zero-order valence-corrected chi connectivity index (χ0v) is 7.15. The molecule has 0 amide bonds. The van der Waals surface area contributed by atoms with Crippen LogP contribution in [0.25, 0.3) is 0 Å². The van der Waals surface area contributed by atoms with E-state index in [9.17, 15) is 17.2 Å². The van der Waals surface area contributed by atoms with E-state index < -0.39 is 34.1 Å². The molecule has 3 nitrogen and oxygen atoms in total. The van der Waals surface area contributed by atoms with Gasteiger partial charge in [-0.3, -0.25) is 4.55 Å². The largest absolute Gasteiger partial charge is 0.285 e. The number of halogens is 2. The van der Waals surface area contributed by atoms with Gasteiger partial charge in [-0.25, -0.2) is 8.78 Å². The highest BCUT2D eigenvalue weighted by molar-refractivity contribution is 7.87. The standard InChI is InChI=1S/C6H10F2O3S/c7-4-5(8)3-6(1-2-6)12(9,10)11/h5H,1-4H2,(H,9,10,11). The van der Waals surface area contributed by atoms with Crippen LogP contribution in [-0.2, 0) is 10.1 Å². The molecule has 0 bridgehead atoms. The maximum absolute atomic E-state index is 12.4. The average molecular weight is 200 g/mol. The SMILES string of the molecule is O=S(=O)(O)C1(CC(F)CF)CC1. The lowest BCUT2D eigenvalue weighted by Crippen LogP contribution is -2.26. The van der Waals surface area contributed by atoms with Crippen molar-refractivity contribution in [3.8, 4) is 0 Å². The van der Waals surface area contributed by atoms with E-state index in [1.165, 1.54) is 0 Å². The Bertz CT molecular complexity index is 258. The van der Waals surface area contributed by atoms with Gasteiger partial charge in [0.25, 0.3) is 10.1 Å². The Labute approximate surface area is 69.5 Å². The fourth-order valence-corrected chi connectivity index (χ4v) is 2.17. The second-order valence-electron chi connectivity index (χ2n) is 3.11. The summed E-state index contributed by atoms with van der Waals surface area (Å²) in [6.45, 7) is -1.20. The molecule has 0 aromatic rings. The lowest BCUT2D eigenvalue weighted by Gasteiger charge is -2.12. The van der Waals surface area contributed by atoms with E-state index in [0.717, 1.165) is 0 Å². The summed E-state index contributed by atoms with van der Waals surface area (Å²) in [5, 5.41) is 0. The van der Waals surface area contributed by atoms with E-state index in [1.807, 2.05) is 0 Å². The lowest BCUT2D eigenvalue weighted by molar-refractivity contribution is 0.239. The molecule has 12 heavy (non-hydrogen) atoms. The summed E-state index contributed by atoms with van der Waals surface area (Å²) < 4.78 is 52.7. The Morgan fingerprint density at radius 3 is 2.25 bits per heavy atom. The van der Waals surface area contributed by atoms with Gasteiger partial charge in [-0.05, 0) is 12.8 Å². The molecular weight excluding hydrogens is 190 g/mol. The zero-order valence-electron chi connectivity index (χ0n) is 6.33. The molecule has 6 heteroatoms. The van der Waals surface area contributed by atoms with E-state index in [0.29, 0.717) is 0 Å². The molecule has 0 radical (unpaired) electrons. The van der Waals surface area contributed by atoms with Crippen LogP contribution in [0.1, 0.15) is 19.3 Å². The summed E-state index contributed by atoms with van der Waals surface area (Å²) in [7, 11) is -4.20. The number of rotatable bonds is 4. The summed E-state index contributed by atoms with van der Waals surface area (Å²) in [6, 6.07) is 0. The molecule has 0 saturated heterocycles. The quantitative estimate of drug-likeness (QED) is 0.691. The second kappa shape index (κ2) is 2.92. The van der Waals surface area contributed by atoms with Gasteiger partial charge in [0, 0.05) is 6.42 Å². The monoisotopic (exact) mass is 200 g/mol. The average Bonchev–Trinajstić information content (AvgIpc) is 2.67. The first-order valence-corrected chi connectivity index (χ1v) is 5.02. The molecule has 1 fully saturated rings. The Morgan fingerprint density at radius 1 is 1.50 bits per heavy atom. The fraction of sp³-hybridized carbons (Fsp3) is 1.00.